The van der Waals surface area contributed by atoms with Gasteiger partial charge >= 0.3 is 0 Å². The second kappa shape index (κ2) is 8.97. The Hall–Kier alpha value is -3.44. The molecule has 2 aliphatic rings. The maximum absolute atomic E-state index is 13.7. The van der Waals surface area contributed by atoms with Crippen LogP contribution in [0.3, 0.4) is 0 Å². The monoisotopic (exact) mass is 427 g/mol. The highest BCUT2D eigenvalue weighted by Crippen LogP contribution is 2.37. The molecule has 0 bridgehead atoms. The molecule has 4 nitrogen and oxygen atoms in total. The van der Waals surface area contributed by atoms with Crippen molar-refractivity contribution in [3.63, 3.8) is 0 Å². The Labute approximate surface area is 187 Å². The van der Waals surface area contributed by atoms with Gasteiger partial charge in [0.25, 0.3) is 5.91 Å². The number of nitrogens with one attached hydrogen (secondary N) is 2. The van der Waals surface area contributed by atoms with Crippen molar-refractivity contribution in [1.29, 1.82) is 0 Å². The van der Waals surface area contributed by atoms with E-state index in [0.717, 1.165) is 17.8 Å². The van der Waals surface area contributed by atoms with Crippen LogP contribution in [0.25, 0.3) is 11.3 Å². The topological polar surface area (TPSA) is 44.4 Å². The fourth-order valence-corrected chi connectivity index (χ4v) is 4.49. The lowest BCUT2D eigenvalue weighted by atomic mass is 10.00. The third kappa shape index (κ3) is 4.30. The largest absolute Gasteiger partial charge is 0.354 e. The van der Waals surface area contributed by atoms with Crippen molar-refractivity contribution in [2.75, 3.05) is 23.7 Å². The summed E-state index contributed by atoms with van der Waals surface area (Å²) in [6, 6.07) is 22.6. The number of likely N-dealkylation sites (tertiary alicyclic amines) is 1. The number of hydrogen-bond donors (Lipinski definition) is 2. The maximum atomic E-state index is 13.7. The Morgan fingerprint density at radius 1 is 0.938 bits per heavy atom. The molecule has 1 fully saturated rings. The zero-order valence-corrected chi connectivity index (χ0v) is 17.9. The summed E-state index contributed by atoms with van der Waals surface area (Å²) in [5, 5.41) is 6.26. The Kier molecular flexibility index (Phi) is 5.73. The molecular weight excluding hydrogens is 401 g/mol. The van der Waals surface area contributed by atoms with Gasteiger partial charge in [0.15, 0.2) is 0 Å². The molecule has 0 atom stereocenters. The zero-order chi connectivity index (χ0) is 21.9. The molecule has 1 saturated heterocycles. The Bertz CT molecular complexity index is 1150. The molecule has 2 N–H and O–H groups in total. The fourth-order valence-electron chi connectivity index (χ4n) is 4.49. The zero-order valence-electron chi connectivity index (χ0n) is 17.9. The smallest absolute Gasteiger partial charge is 0.258 e. The van der Waals surface area contributed by atoms with Crippen molar-refractivity contribution >= 4 is 28.6 Å². The summed E-state index contributed by atoms with van der Waals surface area (Å²) >= 11 is 0. The predicted molar refractivity (Wildman–Crippen MR) is 127 cm³/mol. The summed E-state index contributed by atoms with van der Waals surface area (Å²) in [6.45, 7) is 3.30. The number of amides is 1. The summed E-state index contributed by atoms with van der Waals surface area (Å²) in [7, 11) is 0. The van der Waals surface area contributed by atoms with Crippen LogP contribution in [0.1, 0.15) is 36.0 Å². The van der Waals surface area contributed by atoms with Gasteiger partial charge in [-0.15, -0.1) is 0 Å². The van der Waals surface area contributed by atoms with Crippen LogP contribution in [-0.4, -0.2) is 23.9 Å². The van der Waals surface area contributed by atoms with Crippen LogP contribution < -0.4 is 10.6 Å². The number of rotatable bonds is 5. The normalized spacial score (nSPS) is 17.6. The number of halogens is 1. The maximum Gasteiger partial charge on any atom is 0.258 e. The standard InChI is InChI=1S/C27H26FN3O/c28-21-11-14-23-24(17-21)30-27(32)25(23)26(20-7-3-1-4-8-20)29-22-12-9-19(10-13-22)18-31-15-5-2-6-16-31/h1,3-4,7-14,17,29H,2,5-6,15-16,18H2,(H,30,32)/b26-25-. The van der Waals surface area contributed by atoms with E-state index in [1.807, 2.05) is 30.3 Å². The van der Waals surface area contributed by atoms with Gasteiger partial charge in [-0.05, 0) is 67.4 Å². The van der Waals surface area contributed by atoms with E-state index < -0.39 is 0 Å². The van der Waals surface area contributed by atoms with Crippen molar-refractivity contribution in [3.8, 4) is 0 Å². The second-order valence-electron chi connectivity index (χ2n) is 8.42. The van der Waals surface area contributed by atoms with E-state index in [-0.39, 0.29) is 11.7 Å². The lowest BCUT2D eigenvalue weighted by Crippen LogP contribution is -2.29. The van der Waals surface area contributed by atoms with Gasteiger partial charge in [0.1, 0.15) is 5.82 Å². The number of piperidine rings is 1. The number of anilines is 2. The molecule has 5 rings (SSSR count). The SMILES string of the molecule is O=C1Nc2cc(F)ccc2/C1=C(/Nc1ccc(CN2CCCCC2)cc1)c1ccccc1. The molecule has 2 heterocycles. The molecule has 0 radical (unpaired) electrons. The molecule has 0 aliphatic carbocycles. The van der Waals surface area contributed by atoms with Crippen LogP contribution in [0.15, 0.2) is 72.8 Å². The minimum Gasteiger partial charge on any atom is -0.354 e. The molecule has 0 spiro atoms. The molecular formula is C27H26FN3O. The van der Waals surface area contributed by atoms with Gasteiger partial charge in [-0.1, -0.05) is 48.9 Å². The molecule has 0 saturated carbocycles. The highest BCUT2D eigenvalue weighted by atomic mass is 19.1. The summed E-state index contributed by atoms with van der Waals surface area (Å²) in [5.74, 6) is -0.609. The minimum absolute atomic E-state index is 0.237. The molecule has 32 heavy (non-hydrogen) atoms. The van der Waals surface area contributed by atoms with E-state index in [1.54, 1.807) is 6.07 Å². The highest BCUT2D eigenvalue weighted by Gasteiger charge is 2.28. The number of carbonyl (C=O) groups excluding carboxylic acids is 1. The first-order valence-electron chi connectivity index (χ1n) is 11.2. The van der Waals surface area contributed by atoms with Crippen molar-refractivity contribution in [1.82, 2.24) is 4.90 Å². The lowest BCUT2D eigenvalue weighted by molar-refractivity contribution is -0.110. The van der Waals surface area contributed by atoms with Crippen LogP contribution in [-0.2, 0) is 11.3 Å². The minimum atomic E-state index is -0.371. The van der Waals surface area contributed by atoms with Crippen LogP contribution in [0.5, 0.6) is 0 Å². The van der Waals surface area contributed by atoms with E-state index >= 15 is 0 Å². The number of hydrogen-bond acceptors (Lipinski definition) is 3. The number of carbonyl (C=O) groups is 1. The molecule has 2 aliphatic heterocycles. The molecule has 3 aromatic carbocycles. The number of benzene rings is 3. The first-order valence-corrected chi connectivity index (χ1v) is 11.2. The number of fused-ring (bicyclic) bond motifs is 1. The van der Waals surface area contributed by atoms with Gasteiger partial charge in [-0.2, -0.15) is 0 Å². The van der Waals surface area contributed by atoms with Crippen LogP contribution >= 0.6 is 0 Å². The average Bonchev–Trinajstić information content (AvgIpc) is 3.14. The summed E-state index contributed by atoms with van der Waals surface area (Å²) in [6.07, 6.45) is 3.89. The summed E-state index contributed by atoms with van der Waals surface area (Å²) in [5.41, 5.74) is 5.50. The van der Waals surface area contributed by atoms with Crippen molar-refractivity contribution < 1.29 is 9.18 Å². The van der Waals surface area contributed by atoms with Crippen LogP contribution in [0, 0.1) is 5.82 Å². The predicted octanol–water partition coefficient (Wildman–Crippen LogP) is 5.74. The van der Waals surface area contributed by atoms with E-state index in [2.05, 4.69) is 39.8 Å². The van der Waals surface area contributed by atoms with E-state index in [0.29, 0.717) is 22.5 Å². The Morgan fingerprint density at radius 3 is 2.44 bits per heavy atom. The first kappa shape index (κ1) is 20.5. The van der Waals surface area contributed by atoms with Gasteiger partial charge in [-0.3, -0.25) is 9.69 Å². The Balaban J connectivity index is 1.47. The van der Waals surface area contributed by atoms with E-state index in [4.69, 9.17) is 0 Å². The molecule has 0 aromatic heterocycles. The first-order chi connectivity index (χ1) is 15.7. The lowest BCUT2D eigenvalue weighted by Gasteiger charge is -2.26. The van der Waals surface area contributed by atoms with Crippen molar-refractivity contribution in [2.45, 2.75) is 25.8 Å². The third-order valence-electron chi connectivity index (χ3n) is 6.12. The van der Waals surface area contributed by atoms with Crippen molar-refractivity contribution in [3.05, 3.63) is 95.3 Å². The van der Waals surface area contributed by atoms with E-state index in [1.165, 1.54) is 50.0 Å². The quantitative estimate of drug-likeness (QED) is 0.510. The average molecular weight is 428 g/mol. The molecule has 3 aromatic rings. The highest BCUT2D eigenvalue weighted by molar-refractivity contribution is 6.37. The van der Waals surface area contributed by atoms with Gasteiger partial charge in [0.2, 0.25) is 0 Å². The van der Waals surface area contributed by atoms with E-state index in [9.17, 15) is 9.18 Å². The molecule has 5 heteroatoms. The Morgan fingerprint density at radius 2 is 1.69 bits per heavy atom. The molecule has 162 valence electrons. The molecule has 1 amide bonds. The van der Waals surface area contributed by atoms with Crippen LogP contribution in [0.2, 0.25) is 0 Å². The summed E-state index contributed by atoms with van der Waals surface area (Å²) in [4.78, 5) is 15.4. The van der Waals surface area contributed by atoms with Gasteiger partial charge in [-0.25, -0.2) is 4.39 Å². The summed E-state index contributed by atoms with van der Waals surface area (Å²) < 4.78 is 13.7. The van der Waals surface area contributed by atoms with Crippen molar-refractivity contribution in [2.24, 2.45) is 0 Å². The van der Waals surface area contributed by atoms with Crippen LogP contribution in [0.4, 0.5) is 15.8 Å². The molecule has 0 unspecified atom stereocenters. The third-order valence-corrected chi connectivity index (χ3v) is 6.12. The van der Waals surface area contributed by atoms with Gasteiger partial charge in [0.05, 0.1) is 17.0 Å². The fraction of sp³-hybridized carbons (Fsp3) is 0.222. The second-order valence-corrected chi connectivity index (χ2v) is 8.42. The van der Waals surface area contributed by atoms with Gasteiger partial charge in [0, 0.05) is 17.8 Å². The number of nitrogens with zero attached hydrogens (tertiary/aromatic N) is 1. The van der Waals surface area contributed by atoms with Gasteiger partial charge < -0.3 is 10.6 Å².